The minimum absolute atomic E-state index is 0. The molecule has 2 aromatic rings. The van der Waals surface area contributed by atoms with E-state index in [0.29, 0.717) is 18.9 Å². The van der Waals surface area contributed by atoms with Gasteiger partial charge in [0.15, 0.2) is 5.96 Å². The molecule has 156 valence electrons. The van der Waals surface area contributed by atoms with E-state index in [0.717, 1.165) is 49.0 Å². The fourth-order valence-electron chi connectivity index (χ4n) is 3.57. The van der Waals surface area contributed by atoms with E-state index in [1.807, 2.05) is 48.5 Å². The number of carbonyl (C=O) groups is 1. The molecular formula is C22H29IN4O2. The average molecular weight is 508 g/mol. The number of hydrogen-bond acceptors (Lipinski definition) is 3. The molecule has 0 spiro atoms. The number of para-hydroxylation sites is 1. The van der Waals surface area contributed by atoms with Crippen molar-refractivity contribution < 1.29 is 9.53 Å². The maximum absolute atomic E-state index is 11.2. The maximum Gasteiger partial charge on any atom is 0.217 e. The number of carbonyl (C=O) groups excluding carboxylic acids is 1. The molecule has 3 rings (SSSR count). The van der Waals surface area contributed by atoms with Crippen LogP contribution < -0.4 is 15.8 Å². The molecule has 1 aliphatic rings. The Labute approximate surface area is 189 Å². The van der Waals surface area contributed by atoms with Gasteiger partial charge < -0.3 is 20.7 Å². The number of nitrogens with one attached hydrogen (secondary N) is 1. The predicted octanol–water partition coefficient (Wildman–Crippen LogP) is 3.76. The van der Waals surface area contributed by atoms with Crippen molar-refractivity contribution in [1.29, 1.82) is 0 Å². The van der Waals surface area contributed by atoms with Gasteiger partial charge in [0, 0.05) is 33.1 Å². The van der Waals surface area contributed by atoms with E-state index in [1.165, 1.54) is 0 Å². The van der Waals surface area contributed by atoms with Crippen molar-refractivity contribution >= 4 is 35.8 Å². The highest BCUT2D eigenvalue weighted by atomic mass is 127. The molecular weight excluding hydrogens is 479 g/mol. The number of likely N-dealkylation sites (tertiary alicyclic amines) is 1. The van der Waals surface area contributed by atoms with Gasteiger partial charge in [-0.25, -0.2) is 0 Å². The van der Waals surface area contributed by atoms with Gasteiger partial charge in [-0.05, 0) is 48.6 Å². The molecule has 0 saturated carbocycles. The standard InChI is InChI=1S/C22H28N4O2.HI/c1-24-22(26-12-6-8-18(16-26)14-21(23)27)25-15-17-7-5-11-20(13-17)28-19-9-3-2-4-10-19;/h2-5,7,9-11,13,18H,6,8,12,14-16H2,1H3,(H2,23,27)(H,24,25);1H. The number of amides is 1. The van der Waals surface area contributed by atoms with Gasteiger partial charge in [0.05, 0.1) is 0 Å². The lowest BCUT2D eigenvalue weighted by molar-refractivity contribution is -0.119. The zero-order chi connectivity index (χ0) is 19.8. The zero-order valence-electron chi connectivity index (χ0n) is 16.7. The smallest absolute Gasteiger partial charge is 0.217 e. The summed E-state index contributed by atoms with van der Waals surface area (Å²) in [4.78, 5) is 17.9. The zero-order valence-corrected chi connectivity index (χ0v) is 19.0. The third kappa shape index (κ3) is 7.23. The minimum Gasteiger partial charge on any atom is -0.457 e. The first-order valence-corrected chi connectivity index (χ1v) is 9.70. The number of nitrogens with two attached hydrogens (primary N) is 1. The van der Waals surface area contributed by atoms with Crippen molar-refractivity contribution in [2.45, 2.75) is 25.8 Å². The van der Waals surface area contributed by atoms with Crippen LogP contribution in [0.3, 0.4) is 0 Å². The highest BCUT2D eigenvalue weighted by Crippen LogP contribution is 2.22. The molecule has 1 fully saturated rings. The van der Waals surface area contributed by atoms with Crippen molar-refractivity contribution in [3.05, 3.63) is 60.2 Å². The monoisotopic (exact) mass is 508 g/mol. The summed E-state index contributed by atoms with van der Waals surface area (Å²) >= 11 is 0. The fraction of sp³-hybridized carbons (Fsp3) is 0.364. The SMILES string of the molecule is CN=C(NCc1cccc(Oc2ccccc2)c1)N1CCCC(CC(N)=O)C1.I. The largest absolute Gasteiger partial charge is 0.457 e. The molecule has 6 nitrogen and oxygen atoms in total. The molecule has 1 unspecified atom stereocenters. The summed E-state index contributed by atoms with van der Waals surface area (Å²) in [6, 6.07) is 17.8. The highest BCUT2D eigenvalue weighted by Gasteiger charge is 2.23. The van der Waals surface area contributed by atoms with E-state index in [2.05, 4.69) is 21.3 Å². The Morgan fingerprint density at radius 3 is 2.69 bits per heavy atom. The van der Waals surface area contributed by atoms with Crippen LogP contribution in [0.25, 0.3) is 0 Å². The predicted molar refractivity (Wildman–Crippen MR) is 127 cm³/mol. The van der Waals surface area contributed by atoms with Crippen LogP contribution in [0.15, 0.2) is 59.6 Å². The second-order valence-corrected chi connectivity index (χ2v) is 7.09. The van der Waals surface area contributed by atoms with Crippen LogP contribution in [-0.2, 0) is 11.3 Å². The Kier molecular flexibility index (Phi) is 9.24. The Hall–Kier alpha value is -2.29. The summed E-state index contributed by atoms with van der Waals surface area (Å²) in [5.74, 6) is 2.54. The Morgan fingerprint density at radius 2 is 1.97 bits per heavy atom. The summed E-state index contributed by atoms with van der Waals surface area (Å²) in [6.45, 7) is 2.39. The van der Waals surface area contributed by atoms with Gasteiger partial charge in [-0.2, -0.15) is 0 Å². The van der Waals surface area contributed by atoms with Crippen molar-refractivity contribution in [3.63, 3.8) is 0 Å². The maximum atomic E-state index is 11.2. The highest BCUT2D eigenvalue weighted by molar-refractivity contribution is 14.0. The van der Waals surface area contributed by atoms with Gasteiger partial charge in [0.2, 0.25) is 5.91 Å². The van der Waals surface area contributed by atoms with Crippen molar-refractivity contribution in [2.75, 3.05) is 20.1 Å². The Morgan fingerprint density at radius 1 is 1.21 bits per heavy atom. The van der Waals surface area contributed by atoms with Gasteiger partial charge >= 0.3 is 0 Å². The third-order valence-electron chi connectivity index (χ3n) is 4.85. The summed E-state index contributed by atoms with van der Waals surface area (Å²) in [5.41, 5.74) is 6.48. The molecule has 1 heterocycles. The van der Waals surface area contributed by atoms with Crippen molar-refractivity contribution in [3.8, 4) is 11.5 Å². The van der Waals surface area contributed by atoms with Crippen LogP contribution in [0.1, 0.15) is 24.8 Å². The van der Waals surface area contributed by atoms with E-state index in [1.54, 1.807) is 7.05 Å². The summed E-state index contributed by atoms with van der Waals surface area (Å²) in [5, 5.41) is 3.42. The van der Waals surface area contributed by atoms with Crippen molar-refractivity contribution in [2.24, 2.45) is 16.6 Å². The molecule has 29 heavy (non-hydrogen) atoms. The van der Waals surface area contributed by atoms with Crippen LogP contribution in [-0.4, -0.2) is 36.9 Å². The lowest BCUT2D eigenvalue weighted by atomic mass is 9.95. The third-order valence-corrected chi connectivity index (χ3v) is 4.85. The summed E-state index contributed by atoms with van der Waals surface area (Å²) in [6.07, 6.45) is 2.51. The molecule has 0 aromatic heterocycles. The lowest BCUT2D eigenvalue weighted by Gasteiger charge is -2.34. The second-order valence-electron chi connectivity index (χ2n) is 7.09. The van der Waals surface area contributed by atoms with Gasteiger partial charge in [-0.15, -0.1) is 24.0 Å². The molecule has 7 heteroatoms. The van der Waals surface area contributed by atoms with Gasteiger partial charge in [-0.1, -0.05) is 30.3 Å². The van der Waals surface area contributed by atoms with Crippen LogP contribution in [0, 0.1) is 5.92 Å². The van der Waals surface area contributed by atoms with E-state index < -0.39 is 0 Å². The number of primary amides is 1. The number of ether oxygens (including phenoxy) is 1. The van der Waals surface area contributed by atoms with Gasteiger partial charge in [0.1, 0.15) is 11.5 Å². The van der Waals surface area contributed by atoms with Crippen LogP contribution >= 0.6 is 24.0 Å². The molecule has 3 N–H and O–H groups in total. The quantitative estimate of drug-likeness (QED) is 0.354. The number of benzene rings is 2. The fourth-order valence-corrected chi connectivity index (χ4v) is 3.57. The van der Waals surface area contributed by atoms with E-state index in [9.17, 15) is 4.79 Å². The van der Waals surface area contributed by atoms with Crippen LogP contribution in [0.2, 0.25) is 0 Å². The molecule has 0 aliphatic carbocycles. The number of guanidine groups is 1. The summed E-state index contributed by atoms with van der Waals surface area (Å²) in [7, 11) is 1.79. The van der Waals surface area contributed by atoms with E-state index >= 15 is 0 Å². The minimum atomic E-state index is -0.231. The number of piperidine rings is 1. The molecule has 2 aromatic carbocycles. The Balaban J connectivity index is 0.00000300. The number of halogens is 1. The first-order valence-electron chi connectivity index (χ1n) is 9.70. The van der Waals surface area contributed by atoms with E-state index in [4.69, 9.17) is 10.5 Å². The van der Waals surface area contributed by atoms with Crippen molar-refractivity contribution in [1.82, 2.24) is 10.2 Å². The summed E-state index contributed by atoms with van der Waals surface area (Å²) < 4.78 is 5.91. The van der Waals surface area contributed by atoms with E-state index in [-0.39, 0.29) is 29.9 Å². The molecule has 0 bridgehead atoms. The lowest BCUT2D eigenvalue weighted by Crippen LogP contribution is -2.46. The van der Waals surface area contributed by atoms with Crippen LogP contribution in [0.5, 0.6) is 11.5 Å². The number of aliphatic imine (C=N–C) groups is 1. The van der Waals surface area contributed by atoms with Gasteiger partial charge in [-0.3, -0.25) is 9.79 Å². The topological polar surface area (TPSA) is 80.0 Å². The normalized spacial score (nSPS) is 16.7. The second kappa shape index (κ2) is 11.6. The number of nitrogens with zero attached hydrogens (tertiary/aromatic N) is 2. The molecule has 1 atom stereocenters. The Bertz CT molecular complexity index is 813. The first kappa shape index (κ1) is 23.0. The number of rotatable bonds is 6. The molecule has 1 saturated heterocycles. The molecule has 1 amide bonds. The molecule has 1 aliphatic heterocycles. The van der Waals surface area contributed by atoms with Crippen LogP contribution in [0.4, 0.5) is 0 Å². The number of hydrogen-bond donors (Lipinski definition) is 2. The van der Waals surface area contributed by atoms with Gasteiger partial charge in [0.25, 0.3) is 0 Å². The average Bonchev–Trinajstić information content (AvgIpc) is 2.69. The first-order chi connectivity index (χ1) is 13.6. The molecule has 0 radical (unpaired) electrons.